The third-order valence-electron chi connectivity index (χ3n) is 5.47. The van der Waals surface area contributed by atoms with Crippen LogP contribution in [0.25, 0.3) is 0 Å². The lowest BCUT2D eigenvalue weighted by molar-refractivity contribution is -0.0456. The van der Waals surface area contributed by atoms with Crippen molar-refractivity contribution in [2.24, 2.45) is 11.8 Å². The normalized spacial score (nSPS) is 16.1. The van der Waals surface area contributed by atoms with Gasteiger partial charge in [0.05, 0.1) is 6.61 Å². The predicted octanol–water partition coefficient (Wildman–Crippen LogP) is 4.73. The van der Waals surface area contributed by atoms with Crippen LogP contribution in [0.5, 0.6) is 0 Å². The summed E-state index contributed by atoms with van der Waals surface area (Å²) in [6.45, 7) is 8.66. The summed E-state index contributed by atoms with van der Waals surface area (Å²) < 4.78 is 6.07. The molecule has 1 aliphatic rings. The molecule has 0 bridgehead atoms. The molecule has 0 radical (unpaired) electrons. The third-order valence-corrected chi connectivity index (χ3v) is 5.47. The molecule has 1 aliphatic heterocycles. The first-order chi connectivity index (χ1) is 13.1. The Morgan fingerprint density at radius 2 is 1.39 bits per heavy atom. The first kappa shape index (κ1) is 22.9. The number of benzene rings is 2. The van der Waals surface area contributed by atoms with E-state index in [4.69, 9.17) is 4.74 Å². The summed E-state index contributed by atoms with van der Waals surface area (Å²) in [6, 6.07) is 20.2. The van der Waals surface area contributed by atoms with E-state index in [2.05, 4.69) is 18.7 Å². The fraction of sp³-hybridized carbons (Fsp3) is 0.500. The zero-order chi connectivity index (χ0) is 19.1. The smallest absolute Gasteiger partial charge is 0.121 e. The highest BCUT2D eigenvalue weighted by Gasteiger charge is 2.41. The number of nitrogens with zero attached hydrogens (tertiary/aromatic N) is 1. The zero-order valence-electron chi connectivity index (χ0n) is 17.1. The van der Waals surface area contributed by atoms with E-state index in [-0.39, 0.29) is 18.3 Å². The highest BCUT2D eigenvalue weighted by Crippen LogP contribution is 2.38. The number of rotatable bonds is 9. The molecule has 2 aromatic carbocycles. The van der Waals surface area contributed by atoms with Crippen molar-refractivity contribution in [2.45, 2.75) is 32.3 Å². The molecule has 154 valence electrons. The Morgan fingerprint density at radius 1 is 0.893 bits per heavy atom. The van der Waals surface area contributed by atoms with Crippen molar-refractivity contribution in [1.29, 1.82) is 0 Å². The minimum atomic E-state index is -1.07. The molecule has 1 unspecified atom stereocenters. The van der Waals surface area contributed by atoms with Crippen LogP contribution in [0.3, 0.4) is 0 Å². The van der Waals surface area contributed by atoms with Crippen LogP contribution >= 0.6 is 12.4 Å². The van der Waals surface area contributed by atoms with E-state index in [0.717, 1.165) is 37.4 Å². The van der Waals surface area contributed by atoms with E-state index in [1.807, 2.05) is 60.7 Å². The number of hydrogen-bond donors (Lipinski definition) is 1. The summed E-state index contributed by atoms with van der Waals surface area (Å²) in [5, 5.41) is 12.1. The van der Waals surface area contributed by atoms with Crippen molar-refractivity contribution < 1.29 is 9.84 Å². The second kappa shape index (κ2) is 11.0. The summed E-state index contributed by atoms with van der Waals surface area (Å²) in [6.07, 6.45) is 2.49. The third kappa shape index (κ3) is 5.57. The molecule has 1 fully saturated rings. The van der Waals surface area contributed by atoms with Crippen LogP contribution < -0.4 is 0 Å². The van der Waals surface area contributed by atoms with Gasteiger partial charge in [0.2, 0.25) is 0 Å². The first-order valence-corrected chi connectivity index (χ1v) is 10.2. The van der Waals surface area contributed by atoms with Gasteiger partial charge in [0.25, 0.3) is 0 Å². The largest absolute Gasteiger partial charge is 0.381 e. The van der Waals surface area contributed by atoms with Gasteiger partial charge in [0, 0.05) is 19.1 Å². The maximum Gasteiger partial charge on any atom is 0.121 e. The first-order valence-electron chi connectivity index (χ1n) is 10.2. The molecule has 3 rings (SSSR count). The molecule has 0 spiro atoms. The quantitative estimate of drug-likeness (QED) is 0.657. The van der Waals surface area contributed by atoms with E-state index in [1.165, 1.54) is 12.8 Å². The second-order valence-corrected chi connectivity index (χ2v) is 8.13. The number of halogens is 1. The summed E-state index contributed by atoms with van der Waals surface area (Å²) >= 11 is 0. The van der Waals surface area contributed by atoms with Gasteiger partial charge in [-0.1, -0.05) is 74.5 Å². The Kier molecular flexibility index (Phi) is 8.97. The maximum atomic E-state index is 12.1. The van der Waals surface area contributed by atoms with Crippen LogP contribution in [0, 0.1) is 11.8 Å². The summed E-state index contributed by atoms with van der Waals surface area (Å²) in [7, 11) is 0. The van der Waals surface area contributed by atoms with Crippen LogP contribution in [-0.2, 0) is 10.3 Å². The molecule has 4 heteroatoms. The van der Waals surface area contributed by atoms with Crippen molar-refractivity contribution in [2.75, 3.05) is 32.8 Å². The number of hydrogen-bond acceptors (Lipinski definition) is 3. The van der Waals surface area contributed by atoms with Crippen molar-refractivity contribution in [3.05, 3.63) is 71.8 Å². The molecule has 1 heterocycles. The molecular formula is C24H34ClNO2. The summed E-state index contributed by atoms with van der Waals surface area (Å²) in [4.78, 5) is 2.47. The molecule has 1 saturated heterocycles. The second-order valence-electron chi connectivity index (χ2n) is 8.13. The van der Waals surface area contributed by atoms with Crippen molar-refractivity contribution in [1.82, 2.24) is 4.90 Å². The van der Waals surface area contributed by atoms with E-state index in [0.29, 0.717) is 12.5 Å². The minimum Gasteiger partial charge on any atom is -0.381 e. The lowest BCUT2D eigenvalue weighted by Crippen LogP contribution is -2.45. The van der Waals surface area contributed by atoms with Gasteiger partial charge in [-0.05, 0) is 43.0 Å². The van der Waals surface area contributed by atoms with Gasteiger partial charge in [-0.25, -0.2) is 0 Å². The van der Waals surface area contributed by atoms with Crippen molar-refractivity contribution in [3.8, 4) is 0 Å². The van der Waals surface area contributed by atoms with Crippen molar-refractivity contribution >= 4 is 12.4 Å². The molecule has 0 aromatic heterocycles. The molecule has 2 aromatic rings. The van der Waals surface area contributed by atoms with Crippen molar-refractivity contribution in [3.63, 3.8) is 0 Å². The fourth-order valence-electron chi connectivity index (χ4n) is 4.05. The monoisotopic (exact) mass is 403 g/mol. The fourth-order valence-corrected chi connectivity index (χ4v) is 4.05. The lowest BCUT2D eigenvalue weighted by atomic mass is 9.76. The SMILES string of the molecule is CC(C)COCC(CN1CCCC1)C(O)(c1ccccc1)c1ccccc1.Cl. The van der Waals surface area contributed by atoms with Gasteiger partial charge >= 0.3 is 0 Å². The Bertz CT molecular complexity index is 632. The molecule has 1 atom stereocenters. The standard InChI is InChI=1S/C24H33NO2.ClH/c1-20(2)18-27-19-23(17-25-15-9-10-16-25)24(26,21-11-5-3-6-12-21)22-13-7-4-8-14-22;/h3-8,11-14,20,23,26H,9-10,15-19H2,1-2H3;1H. The average Bonchev–Trinajstić information content (AvgIpc) is 3.21. The number of ether oxygens (including phenoxy) is 1. The molecular weight excluding hydrogens is 370 g/mol. The topological polar surface area (TPSA) is 32.7 Å². The van der Waals surface area contributed by atoms with Crippen LogP contribution in [0.4, 0.5) is 0 Å². The van der Waals surface area contributed by atoms with Crippen LogP contribution in [0.15, 0.2) is 60.7 Å². The molecule has 0 aliphatic carbocycles. The highest BCUT2D eigenvalue weighted by atomic mass is 35.5. The van der Waals surface area contributed by atoms with E-state index in [9.17, 15) is 5.11 Å². The van der Waals surface area contributed by atoms with Gasteiger partial charge in [-0.15, -0.1) is 12.4 Å². The van der Waals surface area contributed by atoms with Crippen LogP contribution in [0.1, 0.15) is 37.8 Å². The van der Waals surface area contributed by atoms with E-state index < -0.39 is 5.60 Å². The van der Waals surface area contributed by atoms with Gasteiger partial charge in [-0.3, -0.25) is 0 Å². The molecule has 0 saturated carbocycles. The molecule has 28 heavy (non-hydrogen) atoms. The van der Waals surface area contributed by atoms with Crippen LogP contribution in [0.2, 0.25) is 0 Å². The summed E-state index contributed by atoms with van der Waals surface area (Å²) in [5.74, 6) is 0.457. The minimum absolute atomic E-state index is 0. The Hall–Kier alpha value is -1.39. The van der Waals surface area contributed by atoms with Gasteiger partial charge < -0.3 is 14.7 Å². The van der Waals surface area contributed by atoms with Gasteiger partial charge in [0.15, 0.2) is 0 Å². The Morgan fingerprint density at radius 3 is 1.86 bits per heavy atom. The predicted molar refractivity (Wildman–Crippen MR) is 118 cm³/mol. The van der Waals surface area contributed by atoms with Crippen LogP contribution in [-0.4, -0.2) is 42.9 Å². The number of aliphatic hydroxyl groups is 1. The van der Waals surface area contributed by atoms with E-state index >= 15 is 0 Å². The van der Waals surface area contributed by atoms with E-state index in [1.54, 1.807) is 0 Å². The molecule has 0 amide bonds. The Balaban J connectivity index is 0.00000280. The Labute approximate surface area is 176 Å². The van der Waals surface area contributed by atoms with Gasteiger partial charge in [-0.2, -0.15) is 0 Å². The highest BCUT2D eigenvalue weighted by molar-refractivity contribution is 5.85. The molecule has 1 N–H and O–H groups in total. The average molecular weight is 404 g/mol. The zero-order valence-corrected chi connectivity index (χ0v) is 17.9. The summed E-state index contributed by atoms with van der Waals surface area (Å²) in [5.41, 5.74) is 0.810. The molecule has 3 nitrogen and oxygen atoms in total. The van der Waals surface area contributed by atoms with Gasteiger partial charge in [0.1, 0.15) is 5.60 Å². The number of likely N-dealkylation sites (tertiary alicyclic amines) is 1. The lowest BCUT2D eigenvalue weighted by Gasteiger charge is -2.39. The maximum absolute atomic E-state index is 12.1.